The summed E-state index contributed by atoms with van der Waals surface area (Å²) in [5.74, 6) is -0.462. The van der Waals surface area contributed by atoms with Gasteiger partial charge in [0.1, 0.15) is 6.61 Å². The fraction of sp³-hybridized carbons (Fsp3) is 0.267. The molecule has 0 saturated heterocycles. The Kier molecular flexibility index (Phi) is 5.68. The van der Waals surface area contributed by atoms with Crippen molar-refractivity contribution in [2.24, 2.45) is 0 Å². The van der Waals surface area contributed by atoms with Crippen LogP contribution < -0.4 is 4.90 Å². The second-order valence-corrected chi connectivity index (χ2v) is 6.22. The van der Waals surface area contributed by atoms with Gasteiger partial charge in [-0.05, 0) is 31.2 Å². The molecule has 1 amide bonds. The standard InChI is InChI=1S/C15H15BrN2O3S/c1-3-18(10(2)19)15-17-13(9-22-15)8-21-14(20)11-4-6-12(16)7-5-11/h4-7,9H,3,8H2,1-2H3. The van der Waals surface area contributed by atoms with Crippen molar-refractivity contribution in [1.82, 2.24) is 4.98 Å². The van der Waals surface area contributed by atoms with E-state index in [4.69, 9.17) is 4.74 Å². The second kappa shape index (κ2) is 7.51. The zero-order valence-electron chi connectivity index (χ0n) is 12.2. The van der Waals surface area contributed by atoms with Gasteiger partial charge in [-0.1, -0.05) is 15.9 Å². The minimum atomic E-state index is -0.402. The summed E-state index contributed by atoms with van der Waals surface area (Å²) in [5, 5.41) is 2.40. The molecule has 0 bridgehead atoms. The first-order valence-corrected chi connectivity index (χ1v) is 8.33. The summed E-state index contributed by atoms with van der Waals surface area (Å²) < 4.78 is 6.13. The maximum absolute atomic E-state index is 11.9. The van der Waals surface area contributed by atoms with Gasteiger partial charge < -0.3 is 4.74 Å². The van der Waals surface area contributed by atoms with Crippen molar-refractivity contribution in [2.45, 2.75) is 20.5 Å². The molecular weight excluding hydrogens is 368 g/mol. The molecule has 22 heavy (non-hydrogen) atoms. The highest BCUT2D eigenvalue weighted by Crippen LogP contribution is 2.21. The first-order chi connectivity index (χ1) is 10.5. The molecule has 1 heterocycles. The van der Waals surface area contributed by atoms with Gasteiger partial charge in [0.15, 0.2) is 5.13 Å². The van der Waals surface area contributed by atoms with E-state index in [-0.39, 0.29) is 12.5 Å². The average molecular weight is 383 g/mol. The van der Waals surface area contributed by atoms with Crippen molar-refractivity contribution in [3.63, 3.8) is 0 Å². The third-order valence-corrected chi connectivity index (χ3v) is 4.34. The maximum Gasteiger partial charge on any atom is 0.338 e. The molecule has 5 nitrogen and oxygen atoms in total. The number of benzene rings is 1. The lowest BCUT2D eigenvalue weighted by Crippen LogP contribution is -2.27. The molecule has 0 aliphatic rings. The predicted molar refractivity (Wildman–Crippen MR) is 89.1 cm³/mol. The number of aromatic nitrogens is 1. The van der Waals surface area contributed by atoms with Crippen LogP contribution >= 0.6 is 27.3 Å². The summed E-state index contributed by atoms with van der Waals surface area (Å²) in [5.41, 5.74) is 1.11. The number of esters is 1. The number of ether oxygens (including phenoxy) is 1. The number of nitrogens with zero attached hydrogens (tertiary/aromatic N) is 2. The number of amides is 1. The molecule has 0 fully saturated rings. The molecule has 1 aromatic heterocycles. The van der Waals surface area contributed by atoms with E-state index in [0.717, 1.165) is 4.47 Å². The molecule has 0 radical (unpaired) electrons. The van der Waals surface area contributed by atoms with Crippen molar-refractivity contribution < 1.29 is 14.3 Å². The van der Waals surface area contributed by atoms with Crippen molar-refractivity contribution in [1.29, 1.82) is 0 Å². The Hall–Kier alpha value is -1.73. The van der Waals surface area contributed by atoms with Gasteiger partial charge in [0.25, 0.3) is 0 Å². The number of carbonyl (C=O) groups excluding carboxylic acids is 2. The summed E-state index contributed by atoms with van der Waals surface area (Å²) >= 11 is 4.67. The number of thiazole rings is 1. The molecule has 2 aromatic rings. The van der Waals surface area contributed by atoms with E-state index in [0.29, 0.717) is 22.9 Å². The molecule has 0 spiro atoms. The SMILES string of the molecule is CCN(C(C)=O)c1nc(COC(=O)c2ccc(Br)cc2)cs1. The van der Waals surface area contributed by atoms with Gasteiger partial charge in [0.05, 0.1) is 11.3 Å². The molecule has 0 unspecified atom stereocenters. The largest absolute Gasteiger partial charge is 0.456 e. The van der Waals surface area contributed by atoms with E-state index in [9.17, 15) is 9.59 Å². The van der Waals surface area contributed by atoms with Crippen LogP contribution in [0.5, 0.6) is 0 Å². The highest BCUT2D eigenvalue weighted by molar-refractivity contribution is 9.10. The molecule has 0 N–H and O–H groups in total. The molecule has 116 valence electrons. The van der Waals surface area contributed by atoms with Gasteiger partial charge in [-0.2, -0.15) is 0 Å². The van der Waals surface area contributed by atoms with E-state index in [1.54, 1.807) is 34.5 Å². The van der Waals surface area contributed by atoms with Crippen LogP contribution in [-0.2, 0) is 16.1 Å². The fourth-order valence-electron chi connectivity index (χ4n) is 1.79. The van der Waals surface area contributed by atoms with Crippen LogP contribution in [0.25, 0.3) is 0 Å². The monoisotopic (exact) mass is 382 g/mol. The summed E-state index contributed by atoms with van der Waals surface area (Å²) in [6.45, 7) is 4.02. The van der Waals surface area contributed by atoms with E-state index >= 15 is 0 Å². The molecule has 0 saturated carbocycles. The lowest BCUT2D eigenvalue weighted by molar-refractivity contribution is -0.116. The van der Waals surface area contributed by atoms with Crippen LogP contribution in [0.1, 0.15) is 29.9 Å². The van der Waals surface area contributed by atoms with Crippen molar-refractivity contribution in [3.05, 3.63) is 45.4 Å². The number of halogens is 1. The first-order valence-electron chi connectivity index (χ1n) is 6.66. The van der Waals surface area contributed by atoms with Crippen LogP contribution in [0.2, 0.25) is 0 Å². The number of carbonyl (C=O) groups is 2. The lowest BCUT2D eigenvalue weighted by Gasteiger charge is -2.14. The van der Waals surface area contributed by atoms with Crippen molar-refractivity contribution in [3.8, 4) is 0 Å². The quantitative estimate of drug-likeness (QED) is 0.740. The molecule has 0 aliphatic heterocycles. The normalized spacial score (nSPS) is 10.3. The molecular formula is C15H15BrN2O3S. The third kappa shape index (κ3) is 4.14. The summed E-state index contributed by atoms with van der Waals surface area (Å²) in [6, 6.07) is 6.94. The smallest absolute Gasteiger partial charge is 0.338 e. The Morgan fingerprint density at radius 3 is 2.59 bits per heavy atom. The zero-order chi connectivity index (χ0) is 16.1. The van der Waals surface area contributed by atoms with Crippen LogP contribution in [0, 0.1) is 0 Å². The Labute approximate surface area is 141 Å². The van der Waals surface area contributed by atoms with Gasteiger partial charge in [-0.15, -0.1) is 11.3 Å². The van der Waals surface area contributed by atoms with Crippen LogP contribution in [-0.4, -0.2) is 23.4 Å². The molecule has 1 aromatic carbocycles. The highest BCUT2D eigenvalue weighted by Gasteiger charge is 2.14. The van der Waals surface area contributed by atoms with E-state index < -0.39 is 5.97 Å². The third-order valence-electron chi connectivity index (χ3n) is 2.90. The molecule has 0 atom stereocenters. The average Bonchev–Trinajstić information content (AvgIpc) is 2.94. The topological polar surface area (TPSA) is 59.5 Å². The molecule has 2 rings (SSSR count). The van der Waals surface area contributed by atoms with Crippen LogP contribution in [0.4, 0.5) is 5.13 Å². The highest BCUT2D eigenvalue weighted by atomic mass is 79.9. The van der Waals surface area contributed by atoms with E-state index in [1.807, 2.05) is 6.92 Å². The van der Waals surface area contributed by atoms with Crippen LogP contribution in [0.15, 0.2) is 34.1 Å². The number of hydrogen-bond donors (Lipinski definition) is 0. The minimum absolute atomic E-state index is 0.0599. The Morgan fingerprint density at radius 1 is 1.32 bits per heavy atom. The Morgan fingerprint density at radius 2 is 2.00 bits per heavy atom. The van der Waals surface area contributed by atoms with Gasteiger partial charge in [0.2, 0.25) is 5.91 Å². The Bertz CT molecular complexity index is 670. The number of anilines is 1. The Balaban J connectivity index is 1.97. The summed E-state index contributed by atoms with van der Waals surface area (Å²) in [7, 11) is 0. The number of rotatable bonds is 5. The summed E-state index contributed by atoms with van der Waals surface area (Å²) in [6.07, 6.45) is 0. The minimum Gasteiger partial charge on any atom is -0.456 e. The number of hydrogen-bond acceptors (Lipinski definition) is 5. The zero-order valence-corrected chi connectivity index (χ0v) is 14.6. The maximum atomic E-state index is 11.9. The molecule has 0 aliphatic carbocycles. The fourth-order valence-corrected chi connectivity index (χ4v) is 2.97. The van der Waals surface area contributed by atoms with Crippen LogP contribution in [0.3, 0.4) is 0 Å². The van der Waals surface area contributed by atoms with E-state index in [1.165, 1.54) is 18.3 Å². The first kappa shape index (κ1) is 16.6. The van der Waals surface area contributed by atoms with E-state index in [2.05, 4.69) is 20.9 Å². The van der Waals surface area contributed by atoms with Gasteiger partial charge in [-0.25, -0.2) is 9.78 Å². The molecule has 7 heteroatoms. The van der Waals surface area contributed by atoms with Gasteiger partial charge >= 0.3 is 5.97 Å². The van der Waals surface area contributed by atoms with Gasteiger partial charge in [-0.3, -0.25) is 9.69 Å². The predicted octanol–water partition coefficient (Wildman–Crippen LogP) is 3.64. The van der Waals surface area contributed by atoms with Gasteiger partial charge in [0, 0.05) is 23.3 Å². The van der Waals surface area contributed by atoms with Crippen molar-refractivity contribution in [2.75, 3.05) is 11.4 Å². The summed E-state index contributed by atoms with van der Waals surface area (Å²) in [4.78, 5) is 29.3. The lowest BCUT2D eigenvalue weighted by atomic mass is 10.2. The second-order valence-electron chi connectivity index (χ2n) is 4.47. The van der Waals surface area contributed by atoms with Crippen molar-refractivity contribution >= 4 is 44.3 Å².